The van der Waals surface area contributed by atoms with Gasteiger partial charge in [0.2, 0.25) is 11.8 Å². The van der Waals surface area contributed by atoms with Crippen molar-refractivity contribution >= 4 is 11.8 Å². The average molecular weight is 373 g/mol. The minimum atomic E-state index is 0.171. The Morgan fingerprint density at radius 2 is 1.48 bits per heavy atom. The van der Waals surface area contributed by atoms with Crippen LogP contribution in [0.2, 0.25) is 0 Å². The van der Waals surface area contributed by atoms with Gasteiger partial charge in [0.05, 0.1) is 13.5 Å². The molecule has 6 nitrogen and oxygen atoms in total. The molecular formula is C21H31N3O3. The van der Waals surface area contributed by atoms with E-state index in [1.54, 1.807) is 7.11 Å². The third-order valence-corrected chi connectivity index (χ3v) is 5.59. The van der Waals surface area contributed by atoms with Crippen LogP contribution in [-0.2, 0) is 16.0 Å². The smallest absolute Gasteiger partial charge is 0.227 e. The molecule has 148 valence electrons. The Morgan fingerprint density at radius 1 is 0.852 bits per heavy atom. The lowest BCUT2D eigenvalue weighted by Gasteiger charge is -2.35. The van der Waals surface area contributed by atoms with Crippen LogP contribution in [0.25, 0.3) is 0 Å². The van der Waals surface area contributed by atoms with Gasteiger partial charge in [0.1, 0.15) is 5.75 Å². The molecule has 0 aromatic heterocycles. The molecule has 2 aliphatic heterocycles. The lowest BCUT2D eigenvalue weighted by molar-refractivity contribution is -0.134. The van der Waals surface area contributed by atoms with E-state index < -0.39 is 0 Å². The summed E-state index contributed by atoms with van der Waals surface area (Å²) in [6, 6.07) is 7.66. The molecule has 27 heavy (non-hydrogen) atoms. The highest BCUT2D eigenvalue weighted by atomic mass is 16.5. The number of hydrogen-bond acceptors (Lipinski definition) is 4. The summed E-state index contributed by atoms with van der Waals surface area (Å²) in [7, 11) is 1.64. The van der Waals surface area contributed by atoms with Gasteiger partial charge in [0, 0.05) is 52.2 Å². The summed E-state index contributed by atoms with van der Waals surface area (Å²) < 4.78 is 5.15. The first kappa shape index (κ1) is 19.7. The van der Waals surface area contributed by atoms with Gasteiger partial charge in [0.25, 0.3) is 0 Å². The summed E-state index contributed by atoms with van der Waals surface area (Å²) in [6.07, 6.45) is 4.55. The standard InChI is InChI=1S/C21H31N3O3/c1-27-19-7-5-18(6-8-19)17-21(26)24-15-13-22(14-16-24)12-9-20(25)23-10-3-2-4-11-23/h5-8H,2-4,9-17H2,1H3. The zero-order valence-electron chi connectivity index (χ0n) is 16.4. The average Bonchev–Trinajstić information content (AvgIpc) is 2.73. The predicted molar refractivity (Wildman–Crippen MR) is 105 cm³/mol. The third-order valence-electron chi connectivity index (χ3n) is 5.59. The number of carbonyl (C=O) groups is 2. The number of ether oxygens (including phenoxy) is 1. The van der Waals surface area contributed by atoms with Gasteiger partial charge in [-0.3, -0.25) is 14.5 Å². The van der Waals surface area contributed by atoms with Gasteiger partial charge in [-0.15, -0.1) is 0 Å². The molecule has 0 radical (unpaired) electrons. The third kappa shape index (κ3) is 5.70. The first-order valence-electron chi connectivity index (χ1n) is 10.1. The van der Waals surface area contributed by atoms with Gasteiger partial charge < -0.3 is 14.5 Å². The van der Waals surface area contributed by atoms with Gasteiger partial charge in [-0.25, -0.2) is 0 Å². The zero-order valence-corrected chi connectivity index (χ0v) is 16.4. The largest absolute Gasteiger partial charge is 0.497 e. The Hall–Kier alpha value is -2.08. The van der Waals surface area contributed by atoms with E-state index in [2.05, 4.69) is 4.90 Å². The quantitative estimate of drug-likeness (QED) is 0.763. The second kappa shape index (κ2) is 9.74. The molecule has 2 aliphatic rings. The molecule has 2 saturated heterocycles. The van der Waals surface area contributed by atoms with Crippen LogP contribution in [-0.4, -0.2) is 79.4 Å². The minimum absolute atomic E-state index is 0.171. The second-order valence-corrected chi connectivity index (χ2v) is 7.44. The lowest BCUT2D eigenvalue weighted by Crippen LogP contribution is -2.50. The van der Waals surface area contributed by atoms with Crippen LogP contribution in [0.5, 0.6) is 5.75 Å². The molecule has 2 heterocycles. The lowest BCUT2D eigenvalue weighted by atomic mass is 10.1. The van der Waals surface area contributed by atoms with Crippen LogP contribution >= 0.6 is 0 Å². The summed E-state index contributed by atoms with van der Waals surface area (Å²) in [6.45, 7) is 5.83. The summed E-state index contributed by atoms with van der Waals surface area (Å²) in [5, 5.41) is 0. The van der Waals surface area contributed by atoms with Crippen LogP contribution in [0.15, 0.2) is 24.3 Å². The number of rotatable bonds is 6. The molecule has 6 heteroatoms. The van der Waals surface area contributed by atoms with Crippen LogP contribution in [0.4, 0.5) is 0 Å². The molecule has 0 spiro atoms. The summed E-state index contributed by atoms with van der Waals surface area (Å²) in [5.41, 5.74) is 1.01. The van der Waals surface area contributed by atoms with Gasteiger partial charge in [-0.2, -0.15) is 0 Å². The number of piperidine rings is 1. The predicted octanol–water partition coefficient (Wildman–Crippen LogP) is 1.78. The molecule has 0 atom stereocenters. The van der Waals surface area contributed by atoms with Crippen LogP contribution < -0.4 is 4.74 Å². The molecule has 0 aliphatic carbocycles. The summed E-state index contributed by atoms with van der Waals surface area (Å²) in [4.78, 5) is 31.1. The molecule has 1 aromatic carbocycles. The van der Waals surface area contributed by atoms with E-state index in [1.807, 2.05) is 34.1 Å². The molecule has 0 unspecified atom stereocenters. The van der Waals surface area contributed by atoms with Crippen molar-refractivity contribution in [2.75, 3.05) is 52.9 Å². The Kier molecular flexibility index (Phi) is 7.10. The monoisotopic (exact) mass is 373 g/mol. The second-order valence-electron chi connectivity index (χ2n) is 7.44. The fourth-order valence-corrected chi connectivity index (χ4v) is 3.81. The number of methoxy groups -OCH3 is 1. The van der Waals surface area contributed by atoms with E-state index in [4.69, 9.17) is 4.74 Å². The van der Waals surface area contributed by atoms with E-state index in [0.717, 1.165) is 70.0 Å². The van der Waals surface area contributed by atoms with Crippen LogP contribution in [0.3, 0.4) is 0 Å². The number of benzene rings is 1. The van der Waals surface area contributed by atoms with Crippen molar-refractivity contribution in [1.29, 1.82) is 0 Å². The SMILES string of the molecule is COc1ccc(CC(=O)N2CCN(CCC(=O)N3CCCCC3)CC2)cc1. The first-order valence-corrected chi connectivity index (χ1v) is 10.1. The molecule has 0 N–H and O–H groups in total. The van der Waals surface area contributed by atoms with Crippen molar-refractivity contribution in [2.45, 2.75) is 32.1 Å². The first-order chi connectivity index (χ1) is 13.2. The van der Waals surface area contributed by atoms with Gasteiger partial charge in [-0.1, -0.05) is 12.1 Å². The fourth-order valence-electron chi connectivity index (χ4n) is 3.81. The normalized spacial score (nSPS) is 18.4. The molecule has 2 amide bonds. The number of hydrogen-bond donors (Lipinski definition) is 0. The van der Waals surface area contributed by atoms with E-state index in [-0.39, 0.29) is 11.8 Å². The van der Waals surface area contributed by atoms with E-state index in [9.17, 15) is 9.59 Å². The van der Waals surface area contributed by atoms with Crippen LogP contribution in [0.1, 0.15) is 31.2 Å². The van der Waals surface area contributed by atoms with Crippen molar-refractivity contribution in [3.63, 3.8) is 0 Å². The fraction of sp³-hybridized carbons (Fsp3) is 0.619. The van der Waals surface area contributed by atoms with Crippen molar-refractivity contribution in [3.8, 4) is 5.75 Å². The van der Waals surface area contributed by atoms with Crippen molar-refractivity contribution in [3.05, 3.63) is 29.8 Å². The van der Waals surface area contributed by atoms with E-state index >= 15 is 0 Å². The highest BCUT2D eigenvalue weighted by Gasteiger charge is 2.23. The topological polar surface area (TPSA) is 53.1 Å². The van der Waals surface area contributed by atoms with E-state index in [1.165, 1.54) is 6.42 Å². The Morgan fingerprint density at radius 3 is 2.11 bits per heavy atom. The van der Waals surface area contributed by atoms with Crippen molar-refractivity contribution < 1.29 is 14.3 Å². The number of carbonyl (C=O) groups excluding carboxylic acids is 2. The molecular weight excluding hydrogens is 342 g/mol. The number of piperazine rings is 1. The van der Waals surface area contributed by atoms with Gasteiger partial charge in [-0.05, 0) is 37.0 Å². The van der Waals surface area contributed by atoms with Crippen molar-refractivity contribution in [1.82, 2.24) is 14.7 Å². The van der Waals surface area contributed by atoms with Gasteiger partial charge >= 0.3 is 0 Å². The molecule has 3 rings (SSSR count). The maximum absolute atomic E-state index is 12.5. The maximum Gasteiger partial charge on any atom is 0.227 e. The highest BCUT2D eigenvalue weighted by Crippen LogP contribution is 2.14. The Labute approximate surface area is 162 Å². The highest BCUT2D eigenvalue weighted by molar-refractivity contribution is 5.79. The molecule has 0 bridgehead atoms. The Bertz CT molecular complexity index is 618. The van der Waals surface area contributed by atoms with Crippen LogP contribution in [0, 0.1) is 0 Å². The molecule has 0 saturated carbocycles. The summed E-state index contributed by atoms with van der Waals surface area (Å²) in [5.74, 6) is 1.26. The number of nitrogens with zero attached hydrogens (tertiary/aromatic N) is 3. The maximum atomic E-state index is 12.5. The molecule has 2 fully saturated rings. The summed E-state index contributed by atoms with van der Waals surface area (Å²) >= 11 is 0. The molecule has 1 aromatic rings. The number of likely N-dealkylation sites (tertiary alicyclic amines) is 1. The van der Waals surface area contributed by atoms with Crippen molar-refractivity contribution in [2.24, 2.45) is 0 Å². The number of amides is 2. The van der Waals surface area contributed by atoms with E-state index in [0.29, 0.717) is 12.8 Å². The Balaban J connectivity index is 1.37. The minimum Gasteiger partial charge on any atom is -0.497 e. The zero-order chi connectivity index (χ0) is 19.1. The van der Waals surface area contributed by atoms with Gasteiger partial charge in [0.15, 0.2) is 0 Å².